The van der Waals surface area contributed by atoms with Crippen LogP contribution in [0.3, 0.4) is 0 Å². The maximum Gasteiger partial charge on any atom is 0.472 e. The van der Waals surface area contributed by atoms with E-state index in [-0.39, 0.29) is 28.7 Å². The number of anilines is 2. The molecule has 0 radical (unpaired) electrons. The van der Waals surface area contributed by atoms with Gasteiger partial charge in [0, 0.05) is 0 Å². The SMILES string of the molecule is Nc1ncc2ncn([C@@H]3O[C@H](COP(=O)(O)O[C@@H]4[C@H](O)[C@@H](CO)O[C@H]4n4cnc5c(=O)[nH]c(N)nc54)[C@@H](O)[C@H]3O)c2n1.O=PO. The lowest BCUT2D eigenvalue weighted by Crippen LogP contribution is -2.36. The predicted octanol–water partition coefficient (Wildman–Crippen LogP) is -3.32. The highest BCUT2D eigenvalue weighted by atomic mass is 31.2. The van der Waals surface area contributed by atoms with Gasteiger partial charge in [0.1, 0.15) is 42.1 Å². The summed E-state index contributed by atoms with van der Waals surface area (Å²) in [6.45, 7) is -1.44. The zero-order valence-electron chi connectivity index (χ0n) is 22.5. The number of rotatable bonds is 8. The van der Waals surface area contributed by atoms with Crippen molar-refractivity contribution in [1.29, 1.82) is 0 Å². The minimum atomic E-state index is -5.06. The average Bonchev–Trinajstić information content (AvgIpc) is 3.73. The van der Waals surface area contributed by atoms with Crippen LogP contribution in [0.15, 0.2) is 23.6 Å². The molecule has 0 bridgehead atoms. The van der Waals surface area contributed by atoms with E-state index in [9.17, 15) is 34.7 Å². The second-order valence-electron chi connectivity index (χ2n) is 9.56. The molecule has 2 fully saturated rings. The van der Waals surface area contributed by atoms with Crippen molar-refractivity contribution in [1.82, 2.24) is 39.0 Å². The number of nitrogens with one attached hydrogen (secondary N) is 1. The van der Waals surface area contributed by atoms with Gasteiger partial charge in [0.05, 0.1) is 32.1 Å². The maximum atomic E-state index is 13.0. The summed E-state index contributed by atoms with van der Waals surface area (Å²) in [5, 5.41) is 41.5. The predicted molar refractivity (Wildman–Crippen MR) is 146 cm³/mol. The van der Waals surface area contributed by atoms with Crippen molar-refractivity contribution in [3.63, 3.8) is 0 Å². The highest BCUT2D eigenvalue weighted by molar-refractivity contribution is 7.47. The lowest BCUT2D eigenvalue weighted by Gasteiger charge is -2.24. The molecular weight excluding hydrogens is 650 g/mol. The third-order valence-corrected chi connectivity index (χ3v) is 7.81. The fraction of sp³-hybridized carbons (Fsp3) is 0.500. The molecule has 0 spiro atoms. The van der Waals surface area contributed by atoms with Crippen LogP contribution >= 0.6 is 16.5 Å². The summed E-state index contributed by atoms with van der Waals surface area (Å²) in [5.74, 6) is -0.319. The van der Waals surface area contributed by atoms with Crippen molar-refractivity contribution in [2.45, 2.75) is 49.1 Å². The number of ether oxygens (including phenoxy) is 2. The molecule has 6 heterocycles. The van der Waals surface area contributed by atoms with Gasteiger partial charge in [-0.2, -0.15) is 9.97 Å². The first-order valence-electron chi connectivity index (χ1n) is 12.6. The van der Waals surface area contributed by atoms with Crippen LogP contribution in [0.2, 0.25) is 0 Å². The lowest BCUT2D eigenvalue weighted by atomic mass is 10.1. The summed E-state index contributed by atoms with van der Waals surface area (Å²) >= 11 is 0. The second kappa shape index (κ2) is 13.0. The molecule has 0 amide bonds. The summed E-state index contributed by atoms with van der Waals surface area (Å²) < 4.78 is 45.5. The second-order valence-corrected chi connectivity index (χ2v) is 11.1. The van der Waals surface area contributed by atoms with Crippen molar-refractivity contribution in [3.05, 3.63) is 29.2 Å². The van der Waals surface area contributed by atoms with Crippen molar-refractivity contribution in [2.24, 2.45) is 0 Å². The molecule has 23 nitrogen and oxygen atoms in total. The molecule has 25 heteroatoms. The molecule has 0 saturated carbocycles. The zero-order valence-corrected chi connectivity index (χ0v) is 24.3. The van der Waals surface area contributed by atoms with Gasteiger partial charge in [-0.05, 0) is 0 Å². The number of phosphoric acid groups is 1. The number of aliphatic hydroxyl groups excluding tert-OH is 4. The Labute approximate surface area is 250 Å². The number of nitrogens with two attached hydrogens (primary N) is 2. The number of hydrogen-bond donors (Lipinski definition) is 9. The number of fused-ring (bicyclic) bond motifs is 2. The standard InChI is InChI=1S/C20H25N10O11P.HO2P/c21-19-23-1-6-14(26-19)29(4-24-6)17-12(34)10(32)8(40-17)3-38-42(36,37)41-13-11(33)7(2-31)39-18(13)30-5-25-9-15(30)27-20(22)28-16(9)35;1-3-2/h1,4-5,7-8,10-13,17-18,31-34H,2-3H2,(H,36,37)(H2,21,23,26)(H3,22,27,28,35);(H,1,2)/t7-,8-,10-,11-,12-,13-,17-,18-;/m1./s1. The molecule has 4 aromatic rings. The van der Waals surface area contributed by atoms with Crippen LogP contribution in [0.5, 0.6) is 0 Å². The minimum absolute atomic E-state index is 0.0647. The number of aromatic nitrogens is 8. The molecule has 244 valence electrons. The Morgan fingerprint density at radius 1 is 1.00 bits per heavy atom. The van der Waals surface area contributed by atoms with Crippen molar-refractivity contribution in [3.8, 4) is 0 Å². The van der Waals surface area contributed by atoms with Crippen LogP contribution in [0, 0.1) is 0 Å². The van der Waals surface area contributed by atoms with Crippen molar-refractivity contribution in [2.75, 3.05) is 24.7 Å². The van der Waals surface area contributed by atoms with Crippen LogP contribution in [0.1, 0.15) is 12.5 Å². The number of phosphoric ester groups is 1. The molecule has 0 aliphatic carbocycles. The molecule has 2 saturated heterocycles. The fourth-order valence-electron chi connectivity index (χ4n) is 4.81. The Hall–Kier alpha value is -3.57. The van der Waals surface area contributed by atoms with E-state index in [0.29, 0.717) is 5.52 Å². The van der Waals surface area contributed by atoms with Gasteiger partial charge in [-0.3, -0.25) is 28.0 Å². The number of hydrogen-bond acceptors (Lipinski definition) is 18. The number of imidazole rings is 2. The molecule has 45 heavy (non-hydrogen) atoms. The van der Waals surface area contributed by atoms with Gasteiger partial charge in [0.2, 0.25) is 11.9 Å². The van der Waals surface area contributed by atoms with Crippen LogP contribution in [-0.4, -0.2) is 119 Å². The van der Waals surface area contributed by atoms with E-state index in [4.69, 9.17) is 39.4 Å². The zero-order chi connectivity index (χ0) is 32.6. The van der Waals surface area contributed by atoms with E-state index in [2.05, 4.69) is 29.9 Å². The van der Waals surface area contributed by atoms with E-state index in [0.717, 1.165) is 10.9 Å². The van der Waals surface area contributed by atoms with Crippen LogP contribution in [-0.2, 0) is 27.7 Å². The highest BCUT2D eigenvalue weighted by Crippen LogP contribution is 2.50. The van der Waals surface area contributed by atoms with Crippen molar-refractivity contribution >= 4 is 50.7 Å². The first-order valence-corrected chi connectivity index (χ1v) is 14.9. The van der Waals surface area contributed by atoms with E-state index in [1.165, 1.54) is 17.1 Å². The van der Waals surface area contributed by atoms with Crippen LogP contribution in [0.4, 0.5) is 11.9 Å². The van der Waals surface area contributed by atoms with E-state index >= 15 is 0 Å². The Morgan fingerprint density at radius 3 is 2.38 bits per heavy atom. The molecule has 4 aromatic heterocycles. The van der Waals surface area contributed by atoms with Gasteiger partial charge in [-0.25, -0.2) is 24.1 Å². The summed E-state index contributed by atoms with van der Waals surface area (Å²) in [4.78, 5) is 51.9. The maximum absolute atomic E-state index is 13.0. The van der Waals surface area contributed by atoms with Crippen LogP contribution < -0.4 is 17.0 Å². The molecule has 1 unspecified atom stereocenters. The topological polar surface area (TPSA) is 352 Å². The van der Waals surface area contributed by atoms with Gasteiger partial charge < -0.3 is 51.2 Å². The Bertz CT molecular complexity index is 1790. The van der Waals surface area contributed by atoms with E-state index in [1.54, 1.807) is 0 Å². The number of aliphatic hydroxyl groups is 4. The van der Waals surface area contributed by atoms with Crippen LogP contribution in [0.25, 0.3) is 22.3 Å². The Balaban J connectivity index is 0.00000128. The Kier molecular flexibility index (Phi) is 9.51. The highest BCUT2D eigenvalue weighted by Gasteiger charge is 2.50. The summed E-state index contributed by atoms with van der Waals surface area (Å²) in [6, 6.07) is 0. The normalized spacial score (nSPS) is 29.6. The fourth-order valence-corrected chi connectivity index (χ4v) is 5.74. The molecule has 11 N–H and O–H groups in total. The van der Waals surface area contributed by atoms with E-state index in [1.807, 2.05) is 0 Å². The van der Waals surface area contributed by atoms with Gasteiger partial charge in [-0.1, -0.05) is 0 Å². The lowest BCUT2D eigenvalue weighted by molar-refractivity contribution is -0.0615. The summed E-state index contributed by atoms with van der Waals surface area (Å²) in [7, 11) is -5.89. The van der Waals surface area contributed by atoms with Crippen molar-refractivity contribution < 1.29 is 57.9 Å². The molecule has 2 aliphatic rings. The first-order chi connectivity index (χ1) is 21.4. The van der Waals surface area contributed by atoms with Gasteiger partial charge >= 0.3 is 16.5 Å². The monoisotopic (exact) mass is 676 g/mol. The number of nitrogens with zero attached hydrogens (tertiary/aromatic N) is 7. The molecular formula is C20H26N10O13P2. The minimum Gasteiger partial charge on any atom is -0.394 e. The molecule has 0 aromatic carbocycles. The van der Waals surface area contributed by atoms with E-state index < -0.39 is 84.4 Å². The molecule has 6 rings (SSSR count). The molecule has 2 aliphatic heterocycles. The number of H-pyrrole nitrogens is 1. The third kappa shape index (κ3) is 6.42. The molecule has 9 atom stereocenters. The van der Waals surface area contributed by atoms with Gasteiger partial charge in [0.25, 0.3) is 5.56 Å². The number of nitrogen functional groups attached to an aromatic ring is 2. The largest absolute Gasteiger partial charge is 0.472 e. The summed E-state index contributed by atoms with van der Waals surface area (Å²) in [5.41, 5.74) is 10.9. The third-order valence-electron chi connectivity index (χ3n) is 6.82. The smallest absolute Gasteiger partial charge is 0.394 e. The number of aromatic amines is 1. The quantitative estimate of drug-likeness (QED) is 0.0824. The first kappa shape index (κ1) is 32.8. The van der Waals surface area contributed by atoms with Gasteiger partial charge in [-0.15, -0.1) is 0 Å². The average molecular weight is 676 g/mol. The Morgan fingerprint density at radius 2 is 1.67 bits per heavy atom. The summed E-state index contributed by atoms with van der Waals surface area (Å²) in [6.07, 6.45) is -7.86. The van der Waals surface area contributed by atoms with Gasteiger partial charge in [0.15, 0.2) is 29.3 Å².